The van der Waals surface area contributed by atoms with Gasteiger partial charge in [-0.3, -0.25) is 0 Å². The molecule has 0 aliphatic heterocycles. The first-order chi connectivity index (χ1) is 7.29. The normalized spacial score (nSPS) is 25.4. The number of nitrogens with one attached hydrogen (secondary N) is 1. The highest BCUT2D eigenvalue weighted by Gasteiger charge is 2.28. The minimum Gasteiger partial charge on any atom is -0.325 e. The van der Waals surface area contributed by atoms with Crippen molar-refractivity contribution in [2.45, 2.75) is 63.3 Å². The largest absolute Gasteiger partial charge is 0.325 e. The summed E-state index contributed by atoms with van der Waals surface area (Å²) in [5.41, 5.74) is 6.48. The van der Waals surface area contributed by atoms with Crippen molar-refractivity contribution in [2.75, 3.05) is 13.1 Å². The van der Waals surface area contributed by atoms with Crippen molar-refractivity contribution in [1.29, 1.82) is 0 Å². The highest BCUT2D eigenvalue weighted by molar-refractivity contribution is 4.89. The maximum atomic E-state index is 6.30. The van der Waals surface area contributed by atoms with Crippen molar-refractivity contribution >= 4 is 0 Å². The predicted octanol–water partition coefficient (Wildman–Crippen LogP) is 2.43. The second-order valence-corrected chi connectivity index (χ2v) is 5.66. The van der Waals surface area contributed by atoms with Crippen molar-refractivity contribution in [3.63, 3.8) is 0 Å². The Bertz CT molecular complexity index is 181. The molecule has 88 valence electrons. The number of hydrogen-bond acceptors (Lipinski definition) is 2. The molecule has 0 aromatic rings. The third kappa shape index (κ3) is 3.46. The lowest BCUT2D eigenvalue weighted by molar-refractivity contribution is 0.289. The zero-order valence-electron chi connectivity index (χ0n) is 9.93. The van der Waals surface area contributed by atoms with E-state index in [1.165, 1.54) is 64.3 Å². The Kier molecular flexibility index (Phi) is 4.04. The third-order valence-electron chi connectivity index (χ3n) is 4.35. The van der Waals surface area contributed by atoms with Gasteiger partial charge < -0.3 is 11.1 Å². The van der Waals surface area contributed by atoms with Crippen LogP contribution < -0.4 is 11.1 Å². The average molecular weight is 210 g/mol. The smallest absolute Gasteiger partial charge is 0.0166 e. The van der Waals surface area contributed by atoms with Crippen LogP contribution in [0.25, 0.3) is 0 Å². The first-order valence-electron chi connectivity index (χ1n) is 6.78. The Balaban J connectivity index is 1.47. The first-order valence-corrected chi connectivity index (χ1v) is 6.78. The standard InChI is InChI=1S/C13H26N2/c14-13(7-1-2-8-13)9-11-15-10-6-12-4-3-5-12/h12,15H,1-11,14H2. The monoisotopic (exact) mass is 210 g/mol. The average Bonchev–Trinajstić information content (AvgIpc) is 2.56. The van der Waals surface area contributed by atoms with Crippen LogP contribution in [-0.2, 0) is 0 Å². The molecule has 2 aliphatic carbocycles. The van der Waals surface area contributed by atoms with Crippen LogP contribution in [0.1, 0.15) is 57.8 Å². The van der Waals surface area contributed by atoms with E-state index in [0.717, 1.165) is 12.5 Å². The van der Waals surface area contributed by atoms with Crippen molar-refractivity contribution in [1.82, 2.24) is 5.32 Å². The lowest BCUT2D eigenvalue weighted by Gasteiger charge is -2.26. The van der Waals surface area contributed by atoms with Gasteiger partial charge in [-0.05, 0) is 44.7 Å². The van der Waals surface area contributed by atoms with E-state index in [0.29, 0.717) is 0 Å². The topological polar surface area (TPSA) is 38.0 Å². The second-order valence-electron chi connectivity index (χ2n) is 5.66. The summed E-state index contributed by atoms with van der Waals surface area (Å²) in [6.07, 6.45) is 12.2. The zero-order chi connectivity index (χ0) is 10.6. The maximum Gasteiger partial charge on any atom is 0.0166 e. The summed E-state index contributed by atoms with van der Waals surface area (Å²) >= 11 is 0. The molecule has 3 N–H and O–H groups in total. The van der Waals surface area contributed by atoms with Crippen molar-refractivity contribution in [3.05, 3.63) is 0 Å². The van der Waals surface area contributed by atoms with Crippen LogP contribution in [0.5, 0.6) is 0 Å². The molecular weight excluding hydrogens is 184 g/mol. The molecule has 2 nitrogen and oxygen atoms in total. The number of hydrogen-bond donors (Lipinski definition) is 2. The molecule has 0 bridgehead atoms. The van der Waals surface area contributed by atoms with E-state index in [1.54, 1.807) is 0 Å². The fraction of sp³-hybridized carbons (Fsp3) is 1.00. The number of nitrogens with two attached hydrogens (primary N) is 1. The van der Waals surface area contributed by atoms with Crippen LogP contribution in [0.4, 0.5) is 0 Å². The van der Waals surface area contributed by atoms with E-state index in [9.17, 15) is 0 Å². The molecule has 0 spiro atoms. The second kappa shape index (κ2) is 5.31. The van der Waals surface area contributed by atoms with Crippen LogP contribution in [0, 0.1) is 5.92 Å². The molecule has 0 amide bonds. The Hall–Kier alpha value is -0.0800. The summed E-state index contributed by atoms with van der Waals surface area (Å²) in [5, 5.41) is 3.56. The molecule has 2 aliphatic rings. The Morgan fingerprint density at radius 2 is 1.80 bits per heavy atom. The van der Waals surface area contributed by atoms with Gasteiger partial charge in [-0.25, -0.2) is 0 Å². The first kappa shape index (κ1) is 11.4. The minimum absolute atomic E-state index is 0.184. The predicted molar refractivity (Wildman–Crippen MR) is 64.8 cm³/mol. The van der Waals surface area contributed by atoms with Crippen LogP contribution in [0.15, 0.2) is 0 Å². The molecule has 0 atom stereocenters. The Morgan fingerprint density at radius 3 is 2.40 bits per heavy atom. The van der Waals surface area contributed by atoms with Gasteiger partial charge in [-0.2, -0.15) is 0 Å². The minimum atomic E-state index is 0.184. The maximum absolute atomic E-state index is 6.30. The summed E-state index contributed by atoms with van der Waals surface area (Å²) in [5.74, 6) is 1.04. The van der Waals surface area contributed by atoms with Gasteiger partial charge in [0.05, 0.1) is 0 Å². The van der Waals surface area contributed by atoms with E-state index >= 15 is 0 Å². The molecule has 0 radical (unpaired) electrons. The third-order valence-corrected chi connectivity index (χ3v) is 4.35. The van der Waals surface area contributed by atoms with E-state index in [1.807, 2.05) is 0 Å². The highest BCUT2D eigenvalue weighted by Crippen LogP contribution is 2.30. The Morgan fingerprint density at radius 1 is 1.07 bits per heavy atom. The van der Waals surface area contributed by atoms with Gasteiger partial charge in [-0.15, -0.1) is 0 Å². The quantitative estimate of drug-likeness (QED) is 0.661. The fourth-order valence-electron chi connectivity index (χ4n) is 2.88. The molecule has 15 heavy (non-hydrogen) atoms. The van der Waals surface area contributed by atoms with Crippen LogP contribution >= 0.6 is 0 Å². The fourth-order valence-corrected chi connectivity index (χ4v) is 2.88. The van der Waals surface area contributed by atoms with E-state index in [2.05, 4.69) is 5.32 Å². The lowest BCUT2D eigenvalue weighted by Crippen LogP contribution is -2.39. The molecule has 0 heterocycles. The van der Waals surface area contributed by atoms with E-state index < -0.39 is 0 Å². The molecule has 2 fully saturated rings. The van der Waals surface area contributed by atoms with E-state index in [4.69, 9.17) is 5.73 Å². The SMILES string of the molecule is NC1(CCNCCC2CCC2)CCCC1. The summed E-state index contributed by atoms with van der Waals surface area (Å²) < 4.78 is 0. The van der Waals surface area contributed by atoms with Gasteiger partial charge in [0.1, 0.15) is 0 Å². The Labute approximate surface area is 94.0 Å². The zero-order valence-corrected chi connectivity index (χ0v) is 9.93. The van der Waals surface area contributed by atoms with Crippen LogP contribution in [-0.4, -0.2) is 18.6 Å². The lowest BCUT2D eigenvalue weighted by atomic mass is 9.83. The molecule has 0 aromatic heterocycles. The van der Waals surface area contributed by atoms with Crippen molar-refractivity contribution in [2.24, 2.45) is 11.7 Å². The summed E-state index contributed by atoms with van der Waals surface area (Å²) in [6.45, 7) is 2.34. The van der Waals surface area contributed by atoms with Gasteiger partial charge in [0.25, 0.3) is 0 Å². The van der Waals surface area contributed by atoms with Gasteiger partial charge in [0, 0.05) is 5.54 Å². The van der Waals surface area contributed by atoms with Gasteiger partial charge >= 0.3 is 0 Å². The van der Waals surface area contributed by atoms with Crippen LogP contribution in [0.2, 0.25) is 0 Å². The highest BCUT2D eigenvalue weighted by atomic mass is 14.9. The molecule has 0 unspecified atom stereocenters. The molecule has 2 rings (SSSR count). The molecule has 2 saturated carbocycles. The summed E-state index contributed by atoms with van der Waals surface area (Å²) in [7, 11) is 0. The van der Waals surface area contributed by atoms with Gasteiger partial charge in [0.15, 0.2) is 0 Å². The van der Waals surface area contributed by atoms with Gasteiger partial charge in [-0.1, -0.05) is 32.1 Å². The summed E-state index contributed by atoms with van der Waals surface area (Å²) in [4.78, 5) is 0. The van der Waals surface area contributed by atoms with Gasteiger partial charge in [0.2, 0.25) is 0 Å². The molecule has 0 aromatic carbocycles. The number of rotatable bonds is 6. The summed E-state index contributed by atoms with van der Waals surface area (Å²) in [6, 6.07) is 0. The van der Waals surface area contributed by atoms with Crippen molar-refractivity contribution in [3.8, 4) is 0 Å². The molecule has 2 heteroatoms. The van der Waals surface area contributed by atoms with E-state index in [-0.39, 0.29) is 5.54 Å². The molecular formula is C13H26N2. The van der Waals surface area contributed by atoms with Crippen LogP contribution in [0.3, 0.4) is 0 Å². The molecule has 0 saturated heterocycles. The van der Waals surface area contributed by atoms with Crippen molar-refractivity contribution < 1.29 is 0 Å².